The normalized spacial score (nSPS) is 10.3. The lowest BCUT2D eigenvalue weighted by Gasteiger charge is -2.05. The first-order valence-corrected chi connectivity index (χ1v) is 5.30. The van der Waals surface area contributed by atoms with Gasteiger partial charge in [-0.15, -0.1) is 0 Å². The van der Waals surface area contributed by atoms with Crippen LogP contribution in [0, 0.1) is 6.92 Å². The van der Waals surface area contributed by atoms with E-state index < -0.39 is 0 Å². The highest BCUT2D eigenvalue weighted by atomic mass is 79.9. The summed E-state index contributed by atoms with van der Waals surface area (Å²) in [5.74, 6) is 0.531. The molecule has 0 aliphatic heterocycles. The number of halogens is 1. The molecule has 4 heteroatoms. The molecule has 0 radical (unpaired) electrons. The Morgan fingerprint density at radius 2 is 2.07 bits per heavy atom. The molecule has 0 saturated heterocycles. The Morgan fingerprint density at radius 1 is 1.27 bits per heavy atom. The number of aromatic nitrogens is 2. The van der Waals surface area contributed by atoms with E-state index in [2.05, 4.69) is 25.9 Å². The molecule has 0 aliphatic carbocycles. The maximum absolute atomic E-state index is 5.82. The summed E-state index contributed by atoms with van der Waals surface area (Å²) in [6, 6.07) is 5.86. The van der Waals surface area contributed by atoms with Gasteiger partial charge >= 0.3 is 0 Å². The van der Waals surface area contributed by atoms with Crippen LogP contribution in [0.4, 0.5) is 5.82 Å². The van der Waals surface area contributed by atoms with Crippen molar-refractivity contribution in [3.05, 3.63) is 40.8 Å². The van der Waals surface area contributed by atoms with Crippen molar-refractivity contribution < 1.29 is 0 Å². The number of nitrogens with two attached hydrogens (primary N) is 1. The standard InChI is InChI=1S/C11H10BrN3/c1-7-4-8(2-3-14-7)10-5-9(12)6-15-11(10)13/h2-6H,1H3,(H2,13,15). The molecule has 15 heavy (non-hydrogen) atoms. The summed E-state index contributed by atoms with van der Waals surface area (Å²) in [5, 5.41) is 0. The number of hydrogen-bond acceptors (Lipinski definition) is 3. The molecule has 0 fully saturated rings. The van der Waals surface area contributed by atoms with E-state index in [9.17, 15) is 0 Å². The molecule has 2 rings (SSSR count). The minimum absolute atomic E-state index is 0.531. The Morgan fingerprint density at radius 3 is 2.80 bits per heavy atom. The van der Waals surface area contributed by atoms with Gasteiger partial charge in [0.05, 0.1) is 0 Å². The van der Waals surface area contributed by atoms with Crippen LogP contribution in [-0.4, -0.2) is 9.97 Å². The topological polar surface area (TPSA) is 51.8 Å². The number of anilines is 1. The highest BCUT2D eigenvalue weighted by molar-refractivity contribution is 9.10. The average molecular weight is 264 g/mol. The van der Waals surface area contributed by atoms with Crippen LogP contribution in [0.25, 0.3) is 11.1 Å². The first-order chi connectivity index (χ1) is 7.16. The second-order valence-electron chi connectivity index (χ2n) is 3.27. The third-order valence-corrected chi connectivity index (χ3v) is 2.53. The molecule has 76 valence electrons. The van der Waals surface area contributed by atoms with Crippen molar-refractivity contribution in [1.29, 1.82) is 0 Å². The van der Waals surface area contributed by atoms with Gasteiger partial charge in [0.25, 0.3) is 0 Å². The predicted molar refractivity (Wildman–Crippen MR) is 64.3 cm³/mol. The zero-order valence-corrected chi connectivity index (χ0v) is 9.82. The Hall–Kier alpha value is -1.42. The van der Waals surface area contributed by atoms with Crippen molar-refractivity contribution in [2.45, 2.75) is 6.92 Å². The fourth-order valence-electron chi connectivity index (χ4n) is 1.39. The van der Waals surface area contributed by atoms with Crippen molar-refractivity contribution >= 4 is 21.7 Å². The Labute approximate surface area is 96.5 Å². The predicted octanol–water partition coefficient (Wildman–Crippen LogP) is 2.80. The van der Waals surface area contributed by atoms with Gasteiger partial charge in [0, 0.05) is 28.1 Å². The molecule has 2 heterocycles. The number of hydrogen-bond donors (Lipinski definition) is 1. The smallest absolute Gasteiger partial charge is 0.131 e. The van der Waals surface area contributed by atoms with Crippen LogP contribution in [0.5, 0.6) is 0 Å². The lowest BCUT2D eigenvalue weighted by molar-refractivity contribution is 1.20. The van der Waals surface area contributed by atoms with Crippen LogP contribution in [0.2, 0.25) is 0 Å². The van der Waals surface area contributed by atoms with Crippen molar-refractivity contribution in [2.24, 2.45) is 0 Å². The van der Waals surface area contributed by atoms with E-state index in [0.717, 1.165) is 21.3 Å². The van der Waals surface area contributed by atoms with Crippen LogP contribution in [0.15, 0.2) is 35.1 Å². The van der Waals surface area contributed by atoms with Gasteiger partial charge in [-0.1, -0.05) is 0 Å². The highest BCUT2D eigenvalue weighted by Crippen LogP contribution is 2.26. The Bertz CT molecular complexity index is 497. The highest BCUT2D eigenvalue weighted by Gasteiger charge is 2.04. The minimum atomic E-state index is 0.531. The SMILES string of the molecule is Cc1cc(-c2cc(Br)cnc2N)ccn1. The van der Waals surface area contributed by atoms with E-state index in [0.29, 0.717) is 5.82 Å². The lowest BCUT2D eigenvalue weighted by atomic mass is 10.1. The molecule has 3 nitrogen and oxygen atoms in total. The number of nitrogen functional groups attached to an aromatic ring is 1. The molecule has 0 aromatic carbocycles. The zero-order valence-electron chi connectivity index (χ0n) is 8.24. The number of pyridine rings is 2. The molecule has 0 unspecified atom stereocenters. The number of aryl methyl sites for hydroxylation is 1. The van der Waals surface area contributed by atoms with Crippen LogP contribution in [0.3, 0.4) is 0 Å². The van der Waals surface area contributed by atoms with Gasteiger partial charge in [-0.05, 0) is 46.6 Å². The fraction of sp³-hybridized carbons (Fsp3) is 0.0909. The third-order valence-electron chi connectivity index (χ3n) is 2.09. The van der Waals surface area contributed by atoms with Crippen molar-refractivity contribution in [1.82, 2.24) is 9.97 Å². The molecule has 0 saturated carbocycles. The molecular formula is C11H10BrN3. The molecule has 2 N–H and O–H groups in total. The van der Waals surface area contributed by atoms with E-state index >= 15 is 0 Å². The average Bonchev–Trinajstić information content (AvgIpc) is 2.22. The third kappa shape index (κ3) is 2.15. The molecule has 0 aliphatic rings. The van der Waals surface area contributed by atoms with Crippen molar-refractivity contribution in [2.75, 3.05) is 5.73 Å². The summed E-state index contributed by atoms with van der Waals surface area (Å²) in [6.07, 6.45) is 3.46. The minimum Gasteiger partial charge on any atom is -0.383 e. The summed E-state index contributed by atoms with van der Waals surface area (Å²) in [6.45, 7) is 1.95. The number of nitrogens with zero attached hydrogens (tertiary/aromatic N) is 2. The van der Waals surface area contributed by atoms with Gasteiger partial charge in [0.2, 0.25) is 0 Å². The Balaban J connectivity index is 2.58. The van der Waals surface area contributed by atoms with Crippen LogP contribution < -0.4 is 5.73 Å². The summed E-state index contributed by atoms with van der Waals surface area (Å²) in [5.41, 5.74) is 8.75. The molecule has 0 spiro atoms. The van der Waals surface area contributed by atoms with Gasteiger partial charge in [-0.25, -0.2) is 4.98 Å². The maximum atomic E-state index is 5.82. The van der Waals surface area contributed by atoms with Gasteiger partial charge in [0.15, 0.2) is 0 Å². The molecule has 2 aromatic heterocycles. The summed E-state index contributed by atoms with van der Waals surface area (Å²) in [4.78, 5) is 8.24. The number of rotatable bonds is 1. The molecule has 0 atom stereocenters. The first-order valence-electron chi connectivity index (χ1n) is 4.51. The van der Waals surface area contributed by atoms with Crippen molar-refractivity contribution in [3.63, 3.8) is 0 Å². The molecule has 0 bridgehead atoms. The lowest BCUT2D eigenvalue weighted by Crippen LogP contribution is -1.94. The summed E-state index contributed by atoms with van der Waals surface area (Å²) < 4.78 is 0.918. The van der Waals surface area contributed by atoms with Crippen LogP contribution in [0.1, 0.15) is 5.69 Å². The quantitative estimate of drug-likeness (QED) is 0.861. The molecule has 0 amide bonds. The first kappa shape index (κ1) is 10.1. The van der Waals surface area contributed by atoms with Gasteiger partial charge in [-0.2, -0.15) is 0 Å². The second kappa shape index (κ2) is 3.98. The van der Waals surface area contributed by atoms with E-state index in [4.69, 9.17) is 5.73 Å². The van der Waals surface area contributed by atoms with Crippen molar-refractivity contribution in [3.8, 4) is 11.1 Å². The Kier molecular flexibility index (Phi) is 2.68. The largest absolute Gasteiger partial charge is 0.383 e. The van der Waals surface area contributed by atoms with E-state index in [1.54, 1.807) is 12.4 Å². The monoisotopic (exact) mass is 263 g/mol. The summed E-state index contributed by atoms with van der Waals surface area (Å²) >= 11 is 3.38. The van der Waals surface area contributed by atoms with Gasteiger partial charge in [0.1, 0.15) is 5.82 Å². The van der Waals surface area contributed by atoms with E-state index in [1.165, 1.54) is 0 Å². The maximum Gasteiger partial charge on any atom is 0.131 e. The second-order valence-corrected chi connectivity index (χ2v) is 4.19. The molecule has 2 aromatic rings. The van der Waals surface area contributed by atoms with Gasteiger partial charge in [-0.3, -0.25) is 4.98 Å². The van der Waals surface area contributed by atoms with Gasteiger partial charge < -0.3 is 5.73 Å². The fourth-order valence-corrected chi connectivity index (χ4v) is 1.73. The summed E-state index contributed by atoms with van der Waals surface area (Å²) in [7, 11) is 0. The molecular weight excluding hydrogens is 254 g/mol. The van der Waals surface area contributed by atoms with Crippen LogP contribution >= 0.6 is 15.9 Å². The zero-order chi connectivity index (χ0) is 10.8. The van der Waals surface area contributed by atoms with E-state index in [-0.39, 0.29) is 0 Å². The van der Waals surface area contributed by atoms with Crippen LogP contribution in [-0.2, 0) is 0 Å². The van der Waals surface area contributed by atoms with E-state index in [1.807, 2.05) is 25.1 Å².